The van der Waals surface area contributed by atoms with Crippen molar-refractivity contribution in [2.45, 2.75) is 13.3 Å². The molecule has 0 fully saturated rings. The van der Waals surface area contributed by atoms with E-state index in [-0.39, 0.29) is 18.0 Å². The number of alkyl halides is 3. The highest BCUT2D eigenvalue weighted by Crippen LogP contribution is 2.23. The summed E-state index contributed by atoms with van der Waals surface area (Å²) in [6.07, 6.45) is -4.76. The fourth-order valence-corrected chi connectivity index (χ4v) is 1.14. The molecular formula is C11H11F3O3. The largest absolute Gasteiger partial charge is 0.573 e. The van der Waals surface area contributed by atoms with Crippen molar-refractivity contribution in [1.82, 2.24) is 0 Å². The molecule has 0 bridgehead atoms. The molecule has 1 aromatic rings. The predicted molar refractivity (Wildman–Crippen MR) is 53.9 cm³/mol. The molecule has 0 aliphatic heterocycles. The number of carbonyl (C=O) groups is 1. The van der Waals surface area contributed by atoms with Crippen LogP contribution in [0, 0.1) is 0 Å². The van der Waals surface area contributed by atoms with Crippen LogP contribution in [0.15, 0.2) is 24.3 Å². The molecule has 1 rings (SSSR count). The van der Waals surface area contributed by atoms with E-state index in [0.29, 0.717) is 6.61 Å². The minimum Gasteiger partial charge on any atom is -0.406 e. The molecule has 0 aromatic heterocycles. The predicted octanol–water partition coefficient (Wildman–Crippen LogP) is 2.80. The molecule has 0 radical (unpaired) electrons. The molecule has 0 saturated carbocycles. The van der Waals surface area contributed by atoms with Gasteiger partial charge in [0.25, 0.3) is 0 Å². The number of ether oxygens (including phenoxy) is 2. The van der Waals surface area contributed by atoms with Crippen LogP contribution >= 0.6 is 0 Å². The highest BCUT2D eigenvalue weighted by Gasteiger charge is 2.31. The number of hydrogen-bond donors (Lipinski definition) is 0. The van der Waals surface area contributed by atoms with E-state index in [0.717, 1.165) is 12.1 Å². The second kappa shape index (κ2) is 5.67. The highest BCUT2D eigenvalue weighted by molar-refractivity contribution is 5.97. The second-order valence-electron chi connectivity index (χ2n) is 3.14. The molecular weight excluding hydrogens is 237 g/mol. The van der Waals surface area contributed by atoms with Crippen molar-refractivity contribution in [2.24, 2.45) is 0 Å². The molecule has 94 valence electrons. The van der Waals surface area contributed by atoms with Crippen LogP contribution < -0.4 is 4.74 Å². The van der Waals surface area contributed by atoms with Crippen LogP contribution in [-0.4, -0.2) is 25.4 Å². The van der Waals surface area contributed by atoms with E-state index in [2.05, 4.69) is 4.74 Å². The number of benzene rings is 1. The number of Topliss-reactive ketones (excluding diaryl/α,β-unsaturated/α-hetero) is 1. The molecule has 0 spiro atoms. The summed E-state index contributed by atoms with van der Waals surface area (Å²) in [5.41, 5.74) is 0.125. The summed E-state index contributed by atoms with van der Waals surface area (Å²) in [5.74, 6) is -0.806. The van der Waals surface area contributed by atoms with Crippen molar-refractivity contribution < 1.29 is 27.4 Å². The maximum Gasteiger partial charge on any atom is 0.573 e. The van der Waals surface area contributed by atoms with Crippen LogP contribution in [-0.2, 0) is 4.74 Å². The molecule has 0 unspecified atom stereocenters. The fraction of sp³-hybridized carbons (Fsp3) is 0.364. The molecule has 6 heteroatoms. The quantitative estimate of drug-likeness (QED) is 0.751. The first kappa shape index (κ1) is 13.5. The normalized spacial score (nSPS) is 11.3. The van der Waals surface area contributed by atoms with Crippen molar-refractivity contribution in [1.29, 1.82) is 0 Å². The number of rotatable bonds is 5. The minimum absolute atomic E-state index is 0.125. The zero-order valence-corrected chi connectivity index (χ0v) is 9.08. The number of carbonyl (C=O) groups excluding carboxylic acids is 1. The van der Waals surface area contributed by atoms with E-state index in [1.807, 2.05) is 0 Å². The van der Waals surface area contributed by atoms with Gasteiger partial charge in [-0.3, -0.25) is 4.79 Å². The average molecular weight is 248 g/mol. The Morgan fingerprint density at radius 2 is 2.06 bits per heavy atom. The summed E-state index contributed by atoms with van der Waals surface area (Å²) in [4.78, 5) is 11.5. The smallest absolute Gasteiger partial charge is 0.406 e. The highest BCUT2D eigenvalue weighted by atomic mass is 19.4. The van der Waals surface area contributed by atoms with Crippen molar-refractivity contribution in [3.8, 4) is 5.75 Å². The summed E-state index contributed by atoms with van der Waals surface area (Å²) >= 11 is 0. The van der Waals surface area contributed by atoms with Crippen molar-refractivity contribution in [3.05, 3.63) is 29.8 Å². The van der Waals surface area contributed by atoms with Crippen LogP contribution in [0.1, 0.15) is 17.3 Å². The molecule has 17 heavy (non-hydrogen) atoms. The summed E-state index contributed by atoms with van der Waals surface area (Å²) < 4.78 is 44.4. The van der Waals surface area contributed by atoms with Gasteiger partial charge in [-0.25, -0.2) is 0 Å². The Hall–Kier alpha value is -1.56. The second-order valence-corrected chi connectivity index (χ2v) is 3.14. The van der Waals surface area contributed by atoms with Crippen LogP contribution in [0.25, 0.3) is 0 Å². The molecule has 3 nitrogen and oxygen atoms in total. The van der Waals surface area contributed by atoms with Crippen LogP contribution in [0.2, 0.25) is 0 Å². The van der Waals surface area contributed by atoms with Gasteiger partial charge in [-0.1, -0.05) is 12.1 Å². The Morgan fingerprint density at radius 1 is 1.35 bits per heavy atom. The molecule has 0 heterocycles. The minimum atomic E-state index is -4.76. The van der Waals surface area contributed by atoms with Gasteiger partial charge in [0.1, 0.15) is 12.4 Å². The van der Waals surface area contributed by atoms with E-state index >= 15 is 0 Å². The van der Waals surface area contributed by atoms with Gasteiger partial charge in [0.05, 0.1) is 0 Å². The zero-order chi connectivity index (χ0) is 12.9. The lowest BCUT2D eigenvalue weighted by molar-refractivity contribution is -0.274. The Balaban J connectivity index is 2.75. The first-order valence-electron chi connectivity index (χ1n) is 4.89. The molecule has 0 amide bonds. The van der Waals surface area contributed by atoms with Crippen LogP contribution in [0.3, 0.4) is 0 Å². The summed E-state index contributed by atoms with van der Waals surface area (Å²) in [5, 5.41) is 0. The van der Waals surface area contributed by atoms with Gasteiger partial charge in [-0.05, 0) is 19.1 Å². The average Bonchev–Trinajstić information content (AvgIpc) is 2.24. The monoisotopic (exact) mass is 248 g/mol. The first-order chi connectivity index (χ1) is 7.92. The molecule has 0 atom stereocenters. The van der Waals surface area contributed by atoms with Gasteiger partial charge in [-0.2, -0.15) is 0 Å². The third kappa shape index (κ3) is 4.86. The van der Waals surface area contributed by atoms with Gasteiger partial charge >= 0.3 is 6.36 Å². The van der Waals surface area contributed by atoms with Crippen molar-refractivity contribution >= 4 is 5.78 Å². The first-order valence-corrected chi connectivity index (χ1v) is 4.89. The Kier molecular flexibility index (Phi) is 4.51. The Labute approximate surface area is 96.1 Å². The van der Waals surface area contributed by atoms with E-state index in [4.69, 9.17) is 4.74 Å². The SMILES string of the molecule is CCOCC(=O)c1cccc(OC(F)(F)F)c1. The molecule has 0 N–H and O–H groups in total. The third-order valence-corrected chi connectivity index (χ3v) is 1.83. The molecule has 1 aromatic carbocycles. The Bertz CT molecular complexity index is 388. The molecule has 0 saturated heterocycles. The standard InChI is InChI=1S/C11H11F3O3/c1-2-16-7-10(15)8-4-3-5-9(6-8)17-11(12,13)14/h3-6H,2,7H2,1H3. The zero-order valence-electron chi connectivity index (χ0n) is 9.08. The topological polar surface area (TPSA) is 35.5 Å². The maximum absolute atomic E-state index is 11.9. The lowest BCUT2D eigenvalue weighted by Gasteiger charge is -2.09. The fourth-order valence-electron chi connectivity index (χ4n) is 1.14. The summed E-state index contributed by atoms with van der Waals surface area (Å²) in [7, 11) is 0. The van der Waals surface area contributed by atoms with Gasteiger partial charge < -0.3 is 9.47 Å². The van der Waals surface area contributed by atoms with E-state index < -0.39 is 12.1 Å². The Morgan fingerprint density at radius 3 is 2.65 bits per heavy atom. The molecule has 0 aliphatic rings. The van der Waals surface area contributed by atoms with Gasteiger partial charge in [0.2, 0.25) is 0 Å². The molecule has 0 aliphatic carbocycles. The van der Waals surface area contributed by atoms with Gasteiger partial charge in [-0.15, -0.1) is 13.2 Å². The summed E-state index contributed by atoms with van der Waals surface area (Å²) in [6.45, 7) is 1.92. The number of hydrogen-bond acceptors (Lipinski definition) is 3. The number of halogens is 3. The van der Waals surface area contributed by atoms with Gasteiger partial charge in [0.15, 0.2) is 5.78 Å². The van der Waals surface area contributed by atoms with Crippen LogP contribution in [0.4, 0.5) is 13.2 Å². The lowest BCUT2D eigenvalue weighted by atomic mass is 10.1. The maximum atomic E-state index is 11.9. The van der Waals surface area contributed by atoms with E-state index in [1.165, 1.54) is 12.1 Å². The van der Waals surface area contributed by atoms with Gasteiger partial charge in [0, 0.05) is 12.2 Å². The van der Waals surface area contributed by atoms with Crippen molar-refractivity contribution in [2.75, 3.05) is 13.2 Å². The summed E-state index contributed by atoms with van der Waals surface area (Å²) in [6, 6.07) is 4.89. The van der Waals surface area contributed by atoms with E-state index in [9.17, 15) is 18.0 Å². The van der Waals surface area contributed by atoms with Crippen molar-refractivity contribution in [3.63, 3.8) is 0 Å². The third-order valence-electron chi connectivity index (χ3n) is 1.83. The van der Waals surface area contributed by atoms with Crippen LogP contribution in [0.5, 0.6) is 5.75 Å². The lowest BCUT2D eigenvalue weighted by Crippen LogP contribution is -2.17. The van der Waals surface area contributed by atoms with E-state index in [1.54, 1.807) is 6.92 Å². The number of ketones is 1.